The molecule has 2 aromatic heterocycles. The second-order valence-electron chi connectivity index (χ2n) is 6.54. The van der Waals surface area contributed by atoms with Crippen molar-refractivity contribution >= 4 is 23.5 Å². The van der Waals surface area contributed by atoms with Crippen molar-refractivity contribution in [3.8, 4) is 0 Å². The summed E-state index contributed by atoms with van der Waals surface area (Å²) in [6, 6.07) is 7.12. The lowest BCUT2D eigenvalue weighted by Crippen LogP contribution is -2.36. The molecule has 0 radical (unpaired) electrons. The van der Waals surface area contributed by atoms with Crippen LogP contribution in [-0.2, 0) is 9.47 Å². The molecule has 2 aliphatic heterocycles. The Morgan fingerprint density at radius 1 is 1.21 bits per heavy atom. The molecule has 28 heavy (non-hydrogen) atoms. The Balaban J connectivity index is 1.33. The van der Waals surface area contributed by atoms with E-state index in [0.29, 0.717) is 31.0 Å². The van der Waals surface area contributed by atoms with E-state index in [0.717, 1.165) is 18.9 Å². The molecule has 0 saturated carbocycles. The van der Waals surface area contributed by atoms with Gasteiger partial charge in [-0.25, -0.2) is 9.78 Å². The topological polar surface area (TPSA) is 96.9 Å². The number of nitrogens with zero attached hydrogens (tertiary/aromatic N) is 4. The van der Waals surface area contributed by atoms with Crippen LogP contribution in [0.5, 0.6) is 0 Å². The molecular formula is C19H21N5O4. The standard InChI is InChI=1S/C19H21N5O4/c25-18(14-2-1-5-20-10-14)22-12-16-13-24(19(26)28-16)15-3-4-17(21-11-15)23-6-8-27-9-7-23/h1-5,10-11,16H,6-9,12-13H2,(H,22,25). The predicted octanol–water partition coefficient (Wildman–Crippen LogP) is 1.07. The first-order chi connectivity index (χ1) is 13.7. The van der Waals surface area contributed by atoms with Gasteiger partial charge in [-0.2, -0.15) is 0 Å². The van der Waals surface area contributed by atoms with Gasteiger partial charge in [0.25, 0.3) is 5.91 Å². The highest BCUT2D eigenvalue weighted by molar-refractivity contribution is 5.94. The van der Waals surface area contributed by atoms with Crippen LogP contribution >= 0.6 is 0 Å². The van der Waals surface area contributed by atoms with Crippen LogP contribution in [0.4, 0.5) is 16.3 Å². The molecule has 0 spiro atoms. The van der Waals surface area contributed by atoms with Crippen LogP contribution in [0.15, 0.2) is 42.9 Å². The molecule has 2 saturated heterocycles. The summed E-state index contributed by atoms with van der Waals surface area (Å²) >= 11 is 0. The zero-order valence-corrected chi connectivity index (χ0v) is 15.3. The number of carbonyl (C=O) groups excluding carboxylic acids is 2. The number of aromatic nitrogens is 2. The summed E-state index contributed by atoms with van der Waals surface area (Å²) in [6.07, 6.45) is 3.90. The molecule has 4 heterocycles. The molecule has 0 aliphatic carbocycles. The summed E-state index contributed by atoms with van der Waals surface area (Å²) in [4.78, 5) is 36.4. The minimum atomic E-state index is -0.443. The summed E-state index contributed by atoms with van der Waals surface area (Å²) < 4.78 is 10.7. The first kappa shape index (κ1) is 18.2. The average molecular weight is 383 g/mol. The summed E-state index contributed by atoms with van der Waals surface area (Å²) in [5.41, 5.74) is 1.13. The highest BCUT2D eigenvalue weighted by atomic mass is 16.6. The van der Waals surface area contributed by atoms with Gasteiger partial charge in [-0.15, -0.1) is 0 Å². The normalized spacial score (nSPS) is 19.4. The highest BCUT2D eigenvalue weighted by Crippen LogP contribution is 2.23. The first-order valence-corrected chi connectivity index (χ1v) is 9.16. The number of hydrogen-bond donors (Lipinski definition) is 1. The molecule has 2 aromatic rings. The van der Waals surface area contributed by atoms with Crippen molar-refractivity contribution in [3.63, 3.8) is 0 Å². The Bertz CT molecular complexity index is 824. The quantitative estimate of drug-likeness (QED) is 0.825. The Morgan fingerprint density at radius 3 is 2.79 bits per heavy atom. The van der Waals surface area contributed by atoms with Crippen molar-refractivity contribution in [3.05, 3.63) is 48.4 Å². The number of rotatable bonds is 5. The van der Waals surface area contributed by atoms with E-state index in [2.05, 4.69) is 20.2 Å². The summed E-state index contributed by atoms with van der Waals surface area (Å²) in [5.74, 6) is 0.610. The van der Waals surface area contributed by atoms with E-state index in [9.17, 15) is 9.59 Å². The van der Waals surface area contributed by atoms with E-state index >= 15 is 0 Å². The fourth-order valence-corrected chi connectivity index (χ4v) is 3.16. The third kappa shape index (κ3) is 4.04. The molecule has 2 amide bonds. The maximum atomic E-state index is 12.2. The second kappa shape index (κ2) is 8.22. The van der Waals surface area contributed by atoms with Gasteiger partial charge in [-0.1, -0.05) is 0 Å². The fourth-order valence-electron chi connectivity index (χ4n) is 3.16. The molecule has 1 unspecified atom stereocenters. The Kier molecular flexibility index (Phi) is 5.34. The third-order valence-corrected chi connectivity index (χ3v) is 4.67. The van der Waals surface area contributed by atoms with E-state index in [1.807, 2.05) is 12.1 Å². The maximum absolute atomic E-state index is 12.2. The van der Waals surface area contributed by atoms with Gasteiger partial charge in [0.15, 0.2) is 0 Å². The number of nitrogens with one attached hydrogen (secondary N) is 1. The summed E-state index contributed by atoms with van der Waals surface area (Å²) in [7, 11) is 0. The average Bonchev–Trinajstić information content (AvgIpc) is 3.14. The van der Waals surface area contributed by atoms with Gasteiger partial charge in [0.05, 0.1) is 43.8 Å². The molecule has 1 N–H and O–H groups in total. The van der Waals surface area contributed by atoms with Gasteiger partial charge < -0.3 is 19.7 Å². The zero-order valence-electron chi connectivity index (χ0n) is 15.3. The number of pyridine rings is 2. The van der Waals surface area contributed by atoms with E-state index in [1.165, 1.54) is 11.1 Å². The van der Waals surface area contributed by atoms with Crippen LogP contribution in [0.1, 0.15) is 10.4 Å². The van der Waals surface area contributed by atoms with Gasteiger partial charge in [-0.3, -0.25) is 14.7 Å². The lowest BCUT2D eigenvalue weighted by molar-refractivity contribution is 0.0915. The smallest absolute Gasteiger partial charge is 0.414 e. The van der Waals surface area contributed by atoms with Crippen molar-refractivity contribution in [1.29, 1.82) is 0 Å². The molecule has 9 nitrogen and oxygen atoms in total. The van der Waals surface area contributed by atoms with Gasteiger partial charge in [-0.05, 0) is 24.3 Å². The van der Waals surface area contributed by atoms with E-state index in [-0.39, 0.29) is 12.5 Å². The molecule has 0 aromatic carbocycles. The molecule has 2 aliphatic rings. The van der Waals surface area contributed by atoms with Gasteiger partial charge in [0, 0.05) is 25.5 Å². The lowest BCUT2D eigenvalue weighted by atomic mass is 10.2. The van der Waals surface area contributed by atoms with Crippen LogP contribution in [-0.4, -0.2) is 67.5 Å². The van der Waals surface area contributed by atoms with Crippen molar-refractivity contribution < 1.29 is 19.1 Å². The fraction of sp³-hybridized carbons (Fsp3) is 0.368. The Labute approximate surface area is 162 Å². The SMILES string of the molecule is O=C(NCC1CN(c2ccc(N3CCOCC3)nc2)C(=O)O1)c1cccnc1. The number of ether oxygens (including phenoxy) is 2. The van der Waals surface area contributed by atoms with Crippen molar-refractivity contribution in [2.45, 2.75) is 6.10 Å². The Hall–Kier alpha value is -3.20. The number of morpholine rings is 1. The van der Waals surface area contributed by atoms with E-state index in [4.69, 9.17) is 9.47 Å². The van der Waals surface area contributed by atoms with Crippen LogP contribution in [0.25, 0.3) is 0 Å². The van der Waals surface area contributed by atoms with Crippen molar-refractivity contribution in [2.75, 3.05) is 49.2 Å². The van der Waals surface area contributed by atoms with E-state index in [1.54, 1.807) is 24.5 Å². The molecule has 0 bridgehead atoms. The number of anilines is 2. The number of hydrogen-bond acceptors (Lipinski definition) is 7. The van der Waals surface area contributed by atoms with E-state index < -0.39 is 12.2 Å². The lowest BCUT2D eigenvalue weighted by Gasteiger charge is -2.28. The monoisotopic (exact) mass is 383 g/mol. The van der Waals surface area contributed by atoms with Crippen LogP contribution < -0.4 is 15.1 Å². The molecule has 1 atom stereocenters. The number of carbonyl (C=O) groups is 2. The minimum absolute atomic E-state index is 0.231. The van der Waals surface area contributed by atoms with Crippen molar-refractivity contribution in [2.24, 2.45) is 0 Å². The molecule has 4 rings (SSSR count). The third-order valence-electron chi connectivity index (χ3n) is 4.67. The number of amides is 2. The molecule has 2 fully saturated rings. The van der Waals surface area contributed by atoms with Crippen LogP contribution in [0, 0.1) is 0 Å². The van der Waals surface area contributed by atoms with Crippen molar-refractivity contribution in [1.82, 2.24) is 15.3 Å². The van der Waals surface area contributed by atoms with Gasteiger partial charge >= 0.3 is 6.09 Å². The van der Waals surface area contributed by atoms with Gasteiger partial charge in [0.2, 0.25) is 0 Å². The summed E-state index contributed by atoms with van der Waals surface area (Å²) in [5, 5.41) is 2.77. The predicted molar refractivity (Wildman–Crippen MR) is 101 cm³/mol. The second-order valence-corrected chi connectivity index (χ2v) is 6.54. The molecule has 9 heteroatoms. The minimum Gasteiger partial charge on any atom is -0.442 e. The highest BCUT2D eigenvalue weighted by Gasteiger charge is 2.32. The maximum Gasteiger partial charge on any atom is 0.414 e. The van der Waals surface area contributed by atoms with Crippen LogP contribution in [0.3, 0.4) is 0 Å². The molecular weight excluding hydrogens is 362 g/mol. The first-order valence-electron chi connectivity index (χ1n) is 9.16. The number of cyclic esters (lactones) is 1. The zero-order chi connectivity index (χ0) is 19.3. The summed E-state index contributed by atoms with van der Waals surface area (Å²) in [6.45, 7) is 3.57. The van der Waals surface area contributed by atoms with Crippen LogP contribution in [0.2, 0.25) is 0 Å². The Morgan fingerprint density at radius 2 is 2.07 bits per heavy atom. The molecule has 146 valence electrons. The van der Waals surface area contributed by atoms with Gasteiger partial charge in [0.1, 0.15) is 11.9 Å². The largest absolute Gasteiger partial charge is 0.442 e.